The van der Waals surface area contributed by atoms with Gasteiger partial charge in [0.2, 0.25) is 0 Å². The summed E-state index contributed by atoms with van der Waals surface area (Å²) in [7, 11) is 0. The monoisotopic (exact) mass is 360 g/mol. The molecule has 0 saturated carbocycles. The largest absolute Gasteiger partial charge is 0.505 e. The second-order valence-electron chi connectivity index (χ2n) is 8.33. The first-order valence-corrected chi connectivity index (χ1v) is 10.00. The summed E-state index contributed by atoms with van der Waals surface area (Å²) in [5.41, 5.74) is 7.20. The third-order valence-electron chi connectivity index (χ3n) is 6.15. The number of hydrogen-bond donors (Lipinski definition) is 1. The lowest BCUT2D eigenvalue weighted by Crippen LogP contribution is -2.24. The van der Waals surface area contributed by atoms with E-state index in [9.17, 15) is 5.11 Å². The van der Waals surface area contributed by atoms with Gasteiger partial charge >= 0.3 is 0 Å². The second-order valence-corrected chi connectivity index (χ2v) is 8.33. The number of rotatable bonds is 2. The molecule has 2 aromatic carbocycles. The number of fused-ring (bicyclic) bond motifs is 5. The maximum absolute atomic E-state index is 10.9. The lowest BCUT2D eigenvalue weighted by molar-refractivity contribution is 0.433. The number of aromatic hydroxyl groups is 1. The van der Waals surface area contributed by atoms with E-state index in [1.807, 2.05) is 26.0 Å². The molecule has 3 nitrogen and oxygen atoms in total. The van der Waals surface area contributed by atoms with Crippen molar-refractivity contribution in [3.63, 3.8) is 0 Å². The van der Waals surface area contributed by atoms with E-state index in [0.717, 1.165) is 40.7 Å². The molecule has 3 heteroatoms. The summed E-state index contributed by atoms with van der Waals surface area (Å²) in [5.74, 6) is 0.266. The van der Waals surface area contributed by atoms with Gasteiger partial charge in [-0.25, -0.2) is 9.97 Å². The van der Waals surface area contributed by atoms with Gasteiger partial charge in [0, 0.05) is 10.9 Å². The zero-order valence-electron chi connectivity index (χ0n) is 17.0. The molecule has 0 radical (unpaired) electrons. The Hall–Kier alpha value is -2.42. The number of phenolic OH excluding ortho intramolecular Hbond substituents is 1. The van der Waals surface area contributed by atoms with Crippen LogP contribution in [0.2, 0.25) is 0 Å². The number of nitrogens with zero attached hydrogens (tertiary/aromatic N) is 2. The van der Waals surface area contributed by atoms with Crippen molar-refractivity contribution in [1.82, 2.24) is 9.97 Å². The van der Waals surface area contributed by atoms with Crippen molar-refractivity contribution < 1.29 is 5.11 Å². The molecule has 0 unspecified atom stereocenters. The standard InChI is InChI=1S/C24H28N2O/c1-6-9-19-18(7-2)25-22-21(26-19)20-15(14(3)23(22)27)11-12-17-16(20)10-8-13-24(17,4)5/h6,9,11-12,27H,7-8,10,13H2,1-5H3/b9-6-. The van der Waals surface area contributed by atoms with Crippen LogP contribution in [0.3, 0.4) is 0 Å². The molecule has 0 amide bonds. The smallest absolute Gasteiger partial charge is 0.146 e. The van der Waals surface area contributed by atoms with E-state index in [4.69, 9.17) is 9.97 Å². The maximum atomic E-state index is 10.9. The van der Waals surface area contributed by atoms with E-state index in [0.29, 0.717) is 5.52 Å². The second kappa shape index (κ2) is 6.33. The van der Waals surface area contributed by atoms with Gasteiger partial charge in [0.15, 0.2) is 0 Å². The van der Waals surface area contributed by atoms with Crippen LogP contribution in [0, 0.1) is 6.92 Å². The Kier molecular flexibility index (Phi) is 4.21. The first-order valence-electron chi connectivity index (χ1n) is 10.00. The van der Waals surface area contributed by atoms with Crippen LogP contribution in [0.15, 0.2) is 18.2 Å². The van der Waals surface area contributed by atoms with Crippen LogP contribution in [-0.4, -0.2) is 15.1 Å². The van der Waals surface area contributed by atoms with Gasteiger partial charge in [-0.3, -0.25) is 0 Å². The first-order chi connectivity index (χ1) is 12.9. The van der Waals surface area contributed by atoms with Crippen LogP contribution >= 0.6 is 0 Å². The van der Waals surface area contributed by atoms with Gasteiger partial charge in [0.25, 0.3) is 0 Å². The van der Waals surface area contributed by atoms with Crippen molar-refractivity contribution in [2.24, 2.45) is 0 Å². The fraction of sp³-hybridized carbons (Fsp3) is 0.417. The number of aromatic nitrogens is 2. The molecule has 0 spiro atoms. The minimum Gasteiger partial charge on any atom is -0.505 e. The first kappa shape index (κ1) is 18.0. The van der Waals surface area contributed by atoms with Gasteiger partial charge in [-0.2, -0.15) is 0 Å². The van der Waals surface area contributed by atoms with E-state index in [1.54, 1.807) is 0 Å². The molecule has 0 bridgehead atoms. The van der Waals surface area contributed by atoms with Gasteiger partial charge < -0.3 is 5.11 Å². The highest BCUT2D eigenvalue weighted by Gasteiger charge is 2.30. The molecule has 3 aromatic rings. The number of aryl methyl sites for hydroxylation is 3. The van der Waals surface area contributed by atoms with Gasteiger partial charge in [-0.1, -0.05) is 39.0 Å². The Bertz CT molecular complexity index is 1090. The molecule has 1 heterocycles. The Balaban J connectivity index is 2.23. The average Bonchev–Trinajstić information content (AvgIpc) is 2.65. The molecule has 0 atom stereocenters. The van der Waals surface area contributed by atoms with Crippen LogP contribution in [0.4, 0.5) is 0 Å². The predicted molar refractivity (Wildman–Crippen MR) is 113 cm³/mol. The van der Waals surface area contributed by atoms with Crippen molar-refractivity contribution in [2.45, 2.75) is 65.7 Å². The van der Waals surface area contributed by atoms with Gasteiger partial charge in [0.05, 0.1) is 11.4 Å². The van der Waals surface area contributed by atoms with Crippen molar-refractivity contribution in [1.29, 1.82) is 0 Å². The number of phenols is 1. The molecule has 1 aliphatic rings. The summed E-state index contributed by atoms with van der Waals surface area (Å²) >= 11 is 0. The molecule has 0 aliphatic heterocycles. The summed E-state index contributed by atoms with van der Waals surface area (Å²) in [6.07, 6.45) is 8.26. The van der Waals surface area contributed by atoms with Crippen LogP contribution in [-0.2, 0) is 18.3 Å². The summed E-state index contributed by atoms with van der Waals surface area (Å²) in [6, 6.07) is 4.43. The zero-order chi connectivity index (χ0) is 19.3. The molecule has 0 saturated heterocycles. The van der Waals surface area contributed by atoms with Crippen LogP contribution in [0.5, 0.6) is 5.75 Å². The predicted octanol–water partition coefficient (Wildman–Crippen LogP) is 6.01. The Morgan fingerprint density at radius 2 is 1.96 bits per heavy atom. The molecule has 4 rings (SSSR count). The molecular weight excluding hydrogens is 332 g/mol. The summed E-state index contributed by atoms with van der Waals surface area (Å²) in [6.45, 7) is 10.7. The summed E-state index contributed by atoms with van der Waals surface area (Å²) < 4.78 is 0. The number of benzene rings is 2. The van der Waals surface area contributed by atoms with Crippen LogP contribution in [0.1, 0.15) is 68.6 Å². The molecular formula is C24H28N2O. The van der Waals surface area contributed by atoms with Gasteiger partial charge in [0.1, 0.15) is 16.8 Å². The topological polar surface area (TPSA) is 46.0 Å². The minimum atomic E-state index is 0.169. The van der Waals surface area contributed by atoms with Gasteiger partial charge in [-0.05, 0) is 67.5 Å². The third kappa shape index (κ3) is 2.63. The third-order valence-corrected chi connectivity index (χ3v) is 6.15. The van der Waals surface area contributed by atoms with E-state index in [2.05, 4.69) is 32.9 Å². The summed E-state index contributed by atoms with van der Waals surface area (Å²) in [4.78, 5) is 9.86. The zero-order valence-corrected chi connectivity index (χ0v) is 17.0. The molecule has 1 aromatic heterocycles. The van der Waals surface area contributed by atoms with Crippen molar-refractivity contribution in [3.05, 3.63) is 46.3 Å². The fourth-order valence-corrected chi connectivity index (χ4v) is 4.65. The van der Waals surface area contributed by atoms with Gasteiger partial charge in [-0.15, -0.1) is 0 Å². The Labute approximate surface area is 161 Å². The minimum absolute atomic E-state index is 0.169. The van der Waals surface area contributed by atoms with E-state index >= 15 is 0 Å². The molecule has 27 heavy (non-hydrogen) atoms. The average molecular weight is 361 g/mol. The summed E-state index contributed by atoms with van der Waals surface area (Å²) in [5, 5.41) is 13.2. The van der Waals surface area contributed by atoms with Crippen LogP contribution in [0.25, 0.3) is 27.9 Å². The van der Waals surface area contributed by atoms with Crippen LogP contribution < -0.4 is 0 Å². The Morgan fingerprint density at radius 1 is 1.19 bits per heavy atom. The number of allylic oxidation sites excluding steroid dienone is 1. The molecule has 1 N–H and O–H groups in total. The van der Waals surface area contributed by atoms with Crippen molar-refractivity contribution >= 4 is 27.9 Å². The van der Waals surface area contributed by atoms with Crippen molar-refractivity contribution in [2.75, 3.05) is 0 Å². The normalized spacial score (nSPS) is 16.3. The number of hydrogen-bond acceptors (Lipinski definition) is 3. The van der Waals surface area contributed by atoms with Crippen molar-refractivity contribution in [3.8, 4) is 5.75 Å². The highest BCUT2D eigenvalue weighted by Crippen LogP contribution is 2.44. The van der Waals surface area contributed by atoms with E-state index in [-0.39, 0.29) is 11.2 Å². The molecule has 0 fully saturated rings. The highest BCUT2D eigenvalue weighted by atomic mass is 16.3. The lowest BCUT2D eigenvalue weighted by Gasteiger charge is -2.33. The van der Waals surface area contributed by atoms with E-state index < -0.39 is 0 Å². The highest BCUT2D eigenvalue weighted by molar-refractivity contribution is 6.11. The Morgan fingerprint density at radius 3 is 2.67 bits per heavy atom. The van der Waals surface area contributed by atoms with E-state index in [1.165, 1.54) is 29.4 Å². The molecule has 140 valence electrons. The lowest BCUT2D eigenvalue weighted by atomic mass is 9.71. The maximum Gasteiger partial charge on any atom is 0.146 e. The quantitative estimate of drug-likeness (QED) is 0.570. The SMILES string of the molecule is C/C=C\c1nc2c(nc1CC)c(O)c(C)c1ccc3c(c12)CCCC3(C)C. The molecule has 1 aliphatic carbocycles. The fourth-order valence-electron chi connectivity index (χ4n) is 4.65.